The maximum atomic E-state index is 5.74. The van der Waals surface area contributed by atoms with E-state index in [9.17, 15) is 0 Å². The lowest BCUT2D eigenvalue weighted by Crippen LogP contribution is -2.35. The average molecular weight is 199 g/mol. The van der Waals surface area contributed by atoms with E-state index in [1.807, 2.05) is 0 Å². The Labute approximate surface area is 88.4 Å². The number of hydrogen-bond donors (Lipinski definition) is 1. The van der Waals surface area contributed by atoms with Crippen LogP contribution in [0.4, 0.5) is 0 Å². The van der Waals surface area contributed by atoms with Crippen LogP contribution in [0.1, 0.15) is 46.5 Å². The molecule has 0 aromatic rings. The van der Waals surface area contributed by atoms with E-state index in [0.29, 0.717) is 12.1 Å². The van der Waals surface area contributed by atoms with E-state index < -0.39 is 0 Å². The summed E-state index contributed by atoms with van der Waals surface area (Å²) in [5, 5.41) is 3.54. The van der Waals surface area contributed by atoms with Crippen molar-refractivity contribution >= 4 is 0 Å². The first-order valence-corrected chi connectivity index (χ1v) is 6.11. The van der Waals surface area contributed by atoms with Crippen molar-refractivity contribution in [2.24, 2.45) is 5.92 Å². The first-order chi connectivity index (χ1) is 6.76. The molecule has 84 valence electrons. The third-order valence-electron chi connectivity index (χ3n) is 2.99. The van der Waals surface area contributed by atoms with E-state index in [-0.39, 0.29) is 0 Å². The van der Waals surface area contributed by atoms with E-state index in [2.05, 4.69) is 26.1 Å². The fourth-order valence-electron chi connectivity index (χ4n) is 1.55. The molecule has 0 bridgehead atoms. The van der Waals surface area contributed by atoms with Gasteiger partial charge in [-0.1, -0.05) is 13.8 Å². The standard InChI is InChI=1S/C12H25NO/c1-4-12(5-2)13-8-10(3)14-9-11-6-7-11/h10-13H,4-9H2,1-3H3. The fraction of sp³-hybridized carbons (Fsp3) is 1.00. The molecule has 1 N–H and O–H groups in total. The molecule has 0 radical (unpaired) electrons. The lowest BCUT2D eigenvalue weighted by atomic mass is 10.1. The lowest BCUT2D eigenvalue weighted by molar-refractivity contribution is 0.0563. The van der Waals surface area contributed by atoms with Gasteiger partial charge in [0.15, 0.2) is 0 Å². The minimum Gasteiger partial charge on any atom is -0.377 e. The molecule has 0 amide bonds. The van der Waals surface area contributed by atoms with Crippen molar-refractivity contribution < 1.29 is 4.74 Å². The average Bonchev–Trinajstić information content (AvgIpc) is 3.00. The molecule has 1 aliphatic carbocycles. The Morgan fingerprint density at radius 2 is 1.93 bits per heavy atom. The van der Waals surface area contributed by atoms with Gasteiger partial charge in [0.1, 0.15) is 0 Å². The second kappa shape index (κ2) is 6.41. The first kappa shape index (κ1) is 12.0. The summed E-state index contributed by atoms with van der Waals surface area (Å²) in [4.78, 5) is 0. The molecule has 0 aliphatic heterocycles. The van der Waals surface area contributed by atoms with Crippen molar-refractivity contribution in [3.63, 3.8) is 0 Å². The SMILES string of the molecule is CCC(CC)NCC(C)OCC1CC1. The lowest BCUT2D eigenvalue weighted by Gasteiger charge is -2.19. The second-order valence-electron chi connectivity index (χ2n) is 4.51. The van der Waals surface area contributed by atoms with Gasteiger partial charge in [0.05, 0.1) is 6.10 Å². The van der Waals surface area contributed by atoms with Crippen molar-refractivity contribution in [2.45, 2.75) is 58.6 Å². The Hall–Kier alpha value is -0.0800. The van der Waals surface area contributed by atoms with Crippen LogP contribution in [0.3, 0.4) is 0 Å². The van der Waals surface area contributed by atoms with E-state index in [1.165, 1.54) is 25.7 Å². The number of hydrogen-bond acceptors (Lipinski definition) is 2. The second-order valence-corrected chi connectivity index (χ2v) is 4.51. The first-order valence-electron chi connectivity index (χ1n) is 6.11. The molecule has 2 heteroatoms. The smallest absolute Gasteiger partial charge is 0.0671 e. The Kier molecular flexibility index (Phi) is 5.49. The van der Waals surface area contributed by atoms with Gasteiger partial charge in [-0.05, 0) is 38.5 Å². The topological polar surface area (TPSA) is 21.3 Å². The van der Waals surface area contributed by atoms with Crippen molar-refractivity contribution in [2.75, 3.05) is 13.2 Å². The molecule has 0 aromatic carbocycles. The highest BCUT2D eigenvalue weighted by atomic mass is 16.5. The van der Waals surface area contributed by atoms with E-state index in [1.54, 1.807) is 0 Å². The van der Waals surface area contributed by atoms with Crippen LogP contribution in [0.15, 0.2) is 0 Å². The number of nitrogens with one attached hydrogen (secondary N) is 1. The summed E-state index contributed by atoms with van der Waals surface area (Å²) in [6.45, 7) is 8.61. The van der Waals surface area contributed by atoms with Gasteiger partial charge in [0, 0.05) is 19.2 Å². The van der Waals surface area contributed by atoms with Crippen LogP contribution in [-0.4, -0.2) is 25.3 Å². The van der Waals surface area contributed by atoms with Crippen molar-refractivity contribution in [3.8, 4) is 0 Å². The fourth-order valence-corrected chi connectivity index (χ4v) is 1.55. The summed E-state index contributed by atoms with van der Waals surface area (Å²) in [5.74, 6) is 0.880. The van der Waals surface area contributed by atoms with Crippen LogP contribution in [0.25, 0.3) is 0 Å². The maximum absolute atomic E-state index is 5.74. The van der Waals surface area contributed by atoms with Crippen molar-refractivity contribution in [3.05, 3.63) is 0 Å². The van der Waals surface area contributed by atoms with E-state index >= 15 is 0 Å². The monoisotopic (exact) mass is 199 g/mol. The molecule has 0 saturated heterocycles. The van der Waals surface area contributed by atoms with Crippen LogP contribution in [-0.2, 0) is 4.74 Å². The summed E-state index contributed by atoms with van der Waals surface area (Å²) in [6.07, 6.45) is 5.56. The third-order valence-corrected chi connectivity index (χ3v) is 2.99. The third kappa shape index (κ3) is 4.97. The van der Waals surface area contributed by atoms with Gasteiger partial charge in [0.25, 0.3) is 0 Å². The predicted molar refractivity (Wildman–Crippen MR) is 60.5 cm³/mol. The summed E-state index contributed by atoms with van der Waals surface area (Å²) < 4.78 is 5.74. The van der Waals surface area contributed by atoms with Gasteiger partial charge in [0.2, 0.25) is 0 Å². The zero-order chi connectivity index (χ0) is 10.4. The Morgan fingerprint density at radius 1 is 1.29 bits per heavy atom. The Balaban J connectivity index is 1.97. The molecule has 0 aromatic heterocycles. The van der Waals surface area contributed by atoms with Gasteiger partial charge in [-0.25, -0.2) is 0 Å². The highest BCUT2D eigenvalue weighted by Crippen LogP contribution is 2.29. The highest BCUT2D eigenvalue weighted by Gasteiger charge is 2.22. The molecule has 2 nitrogen and oxygen atoms in total. The molecule has 1 unspecified atom stereocenters. The summed E-state index contributed by atoms with van der Waals surface area (Å²) in [7, 11) is 0. The van der Waals surface area contributed by atoms with Gasteiger partial charge in [-0.3, -0.25) is 0 Å². The van der Waals surface area contributed by atoms with Crippen LogP contribution < -0.4 is 5.32 Å². The Morgan fingerprint density at radius 3 is 2.43 bits per heavy atom. The normalized spacial score (nSPS) is 18.9. The van der Waals surface area contributed by atoms with Crippen molar-refractivity contribution in [1.29, 1.82) is 0 Å². The van der Waals surface area contributed by atoms with Crippen LogP contribution in [0.5, 0.6) is 0 Å². The van der Waals surface area contributed by atoms with E-state index in [0.717, 1.165) is 19.1 Å². The van der Waals surface area contributed by atoms with Crippen LogP contribution in [0.2, 0.25) is 0 Å². The molecule has 1 aliphatic rings. The molecule has 0 heterocycles. The molecule has 1 atom stereocenters. The van der Waals surface area contributed by atoms with E-state index in [4.69, 9.17) is 4.74 Å². The molecule has 0 spiro atoms. The summed E-state index contributed by atoms with van der Waals surface area (Å²) in [5.41, 5.74) is 0. The summed E-state index contributed by atoms with van der Waals surface area (Å²) in [6, 6.07) is 0.668. The van der Waals surface area contributed by atoms with Gasteiger partial charge < -0.3 is 10.1 Å². The number of rotatable bonds is 8. The predicted octanol–water partition coefficient (Wildman–Crippen LogP) is 2.58. The van der Waals surface area contributed by atoms with Crippen molar-refractivity contribution in [1.82, 2.24) is 5.32 Å². The number of ether oxygens (including phenoxy) is 1. The molecular weight excluding hydrogens is 174 g/mol. The molecule has 1 rings (SSSR count). The van der Waals surface area contributed by atoms with Crippen LogP contribution >= 0.6 is 0 Å². The Bertz CT molecular complexity index is 141. The van der Waals surface area contributed by atoms with Gasteiger partial charge >= 0.3 is 0 Å². The van der Waals surface area contributed by atoms with Gasteiger partial charge in [-0.2, -0.15) is 0 Å². The zero-order valence-corrected chi connectivity index (χ0v) is 9.88. The van der Waals surface area contributed by atoms with Crippen LogP contribution in [0, 0.1) is 5.92 Å². The minimum absolute atomic E-state index is 0.371. The summed E-state index contributed by atoms with van der Waals surface area (Å²) >= 11 is 0. The molecule has 14 heavy (non-hydrogen) atoms. The highest BCUT2D eigenvalue weighted by molar-refractivity contribution is 4.73. The maximum Gasteiger partial charge on any atom is 0.0671 e. The zero-order valence-electron chi connectivity index (χ0n) is 9.88. The quantitative estimate of drug-likeness (QED) is 0.649. The largest absolute Gasteiger partial charge is 0.377 e. The molecule has 1 fully saturated rings. The minimum atomic E-state index is 0.371. The molecular formula is C12H25NO. The van der Waals surface area contributed by atoms with Gasteiger partial charge in [-0.15, -0.1) is 0 Å². The molecule has 1 saturated carbocycles.